The van der Waals surface area contributed by atoms with E-state index in [1.807, 2.05) is 0 Å². The first-order valence-electron chi connectivity index (χ1n) is 7.40. The molecule has 1 aliphatic rings. The predicted molar refractivity (Wildman–Crippen MR) is 80.1 cm³/mol. The highest BCUT2D eigenvalue weighted by Crippen LogP contribution is 2.43. The molecule has 0 amide bonds. The van der Waals surface area contributed by atoms with E-state index in [4.69, 9.17) is 0 Å². The van der Waals surface area contributed by atoms with Crippen molar-refractivity contribution in [1.29, 1.82) is 0 Å². The fourth-order valence-corrected chi connectivity index (χ4v) is 3.27. The van der Waals surface area contributed by atoms with Crippen molar-refractivity contribution in [3.63, 3.8) is 0 Å². The molecule has 108 valence electrons. The van der Waals surface area contributed by atoms with Crippen molar-refractivity contribution in [2.75, 3.05) is 0 Å². The minimum atomic E-state index is -0.640. The Bertz CT molecular complexity index is 363. The predicted octanol–water partition coefficient (Wildman–Crippen LogP) is 4.82. The summed E-state index contributed by atoms with van der Waals surface area (Å²) in [6.45, 7) is 8.37. The van der Waals surface area contributed by atoms with Gasteiger partial charge in [0.1, 0.15) is 0 Å². The Morgan fingerprint density at radius 1 is 1.47 bits per heavy atom. The van der Waals surface area contributed by atoms with Gasteiger partial charge in [-0.05, 0) is 57.3 Å². The third kappa shape index (κ3) is 4.52. The minimum Gasteiger partial charge on any atom is -0.481 e. The van der Waals surface area contributed by atoms with Crippen LogP contribution in [-0.4, -0.2) is 11.1 Å². The Hall–Kier alpha value is -1.05. The number of aliphatic carboxylic acids is 1. The van der Waals surface area contributed by atoms with E-state index in [2.05, 4.69) is 45.9 Å². The third-order valence-electron chi connectivity index (χ3n) is 4.30. The van der Waals surface area contributed by atoms with Crippen molar-refractivity contribution < 1.29 is 9.90 Å². The van der Waals surface area contributed by atoms with Crippen LogP contribution in [0.15, 0.2) is 23.8 Å². The Morgan fingerprint density at radius 2 is 2.16 bits per heavy atom. The van der Waals surface area contributed by atoms with E-state index in [9.17, 15) is 9.90 Å². The van der Waals surface area contributed by atoms with E-state index in [1.165, 1.54) is 5.57 Å². The van der Waals surface area contributed by atoms with Crippen molar-refractivity contribution in [3.05, 3.63) is 23.8 Å². The van der Waals surface area contributed by atoms with Gasteiger partial charge in [-0.1, -0.05) is 37.6 Å². The van der Waals surface area contributed by atoms with Crippen LogP contribution in [0.4, 0.5) is 0 Å². The third-order valence-corrected chi connectivity index (χ3v) is 4.30. The molecule has 0 saturated heterocycles. The molecule has 2 nitrogen and oxygen atoms in total. The largest absolute Gasteiger partial charge is 0.481 e. The molecule has 0 saturated carbocycles. The molecule has 0 bridgehead atoms. The van der Waals surface area contributed by atoms with Crippen LogP contribution >= 0.6 is 0 Å². The second-order valence-electron chi connectivity index (χ2n) is 6.45. The Balaban J connectivity index is 2.76. The normalized spacial score (nSPS) is 25.7. The SMILES string of the molecule is CC(C)=CCCC(C)C(C(=O)O)C1(C)C=CCCC1. The fourth-order valence-electron chi connectivity index (χ4n) is 3.27. The van der Waals surface area contributed by atoms with Gasteiger partial charge in [-0.15, -0.1) is 0 Å². The summed E-state index contributed by atoms with van der Waals surface area (Å²) in [5.41, 5.74) is 1.14. The van der Waals surface area contributed by atoms with Crippen molar-refractivity contribution in [2.24, 2.45) is 17.3 Å². The van der Waals surface area contributed by atoms with E-state index in [0.29, 0.717) is 0 Å². The first kappa shape index (κ1) is 16.0. The standard InChI is InChI=1S/C17H28O2/c1-13(2)9-8-10-14(3)15(16(18)19)17(4)11-6-5-7-12-17/h6,9,11,14-15H,5,7-8,10,12H2,1-4H3,(H,18,19). The van der Waals surface area contributed by atoms with Gasteiger partial charge < -0.3 is 5.11 Å². The molecular weight excluding hydrogens is 236 g/mol. The van der Waals surface area contributed by atoms with E-state index in [1.54, 1.807) is 0 Å². The second kappa shape index (κ2) is 6.93. The zero-order valence-electron chi connectivity index (χ0n) is 12.8. The highest BCUT2D eigenvalue weighted by molar-refractivity contribution is 5.72. The van der Waals surface area contributed by atoms with Crippen LogP contribution in [0.2, 0.25) is 0 Å². The number of carbonyl (C=O) groups is 1. The summed E-state index contributed by atoms with van der Waals surface area (Å²) in [6, 6.07) is 0. The van der Waals surface area contributed by atoms with Crippen molar-refractivity contribution >= 4 is 5.97 Å². The molecule has 0 heterocycles. The number of carboxylic acid groups (broad SMARTS) is 1. The van der Waals surface area contributed by atoms with E-state index >= 15 is 0 Å². The van der Waals surface area contributed by atoms with Crippen LogP contribution in [0.1, 0.15) is 59.8 Å². The number of carboxylic acids is 1. The van der Waals surface area contributed by atoms with Gasteiger partial charge in [-0.25, -0.2) is 0 Å². The van der Waals surface area contributed by atoms with Crippen LogP contribution in [0, 0.1) is 17.3 Å². The molecule has 1 rings (SSSR count). The van der Waals surface area contributed by atoms with Gasteiger partial charge in [-0.3, -0.25) is 4.79 Å². The Kier molecular flexibility index (Phi) is 5.84. The fraction of sp³-hybridized carbons (Fsp3) is 0.706. The molecule has 0 aromatic heterocycles. The number of hydrogen-bond acceptors (Lipinski definition) is 1. The maximum Gasteiger partial charge on any atom is 0.307 e. The van der Waals surface area contributed by atoms with Gasteiger partial charge in [0.15, 0.2) is 0 Å². The summed E-state index contributed by atoms with van der Waals surface area (Å²) < 4.78 is 0. The van der Waals surface area contributed by atoms with Gasteiger partial charge in [-0.2, -0.15) is 0 Å². The van der Waals surface area contributed by atoms with E-state index in [-0.39, 0.29) is 17.3 Å². The summed E-state index contributed by atoms with van der Waals surface area (Å²) in [5, 5.41) is 9.62. The molecule has 3 unspecified atom stereocenters. The molecule has 0 spiro atoms. The summed E-state index contributed by atoms with van der Waals surface area (Å²) in [4.78, 5) is 11.7. The van der Waals surface area contributed by atoms with Crippen molar-refractivity contribution in [1.82, 2.24) is 0 Å². The van der Waals surface area contributed by atoms with Gasteiger partial charge in [0, 0.05) is 0 Å². The van der Waals surface area contributed by atoms with Gasteiger partial charge in [0.25, 0.3) is 0 Å². The van der Waals surface area contributed by atoms with Crippen LogP contribution in [0.3, 0.4) is 0 Å². The Labute approximate surface area is 117 Å². The molecule has 0 aliphatic heterocycles. The lowest BCUT2D eigenvalue weighted by molar-refractivity contribution is -0.148. The molecular formula is C17H28O2. The van der Waals surface area contributed by atoms with Crippen LogP contribution < -0.4 is 0 Å². The highest BCUT2D eigenvalue weighted by atomic mass is 16.4. The second-order valence-corrected chi connectivity index (χ2v) is 6.45. The zero-order valence-corrected chi connectivity index (χ0v) is 12.8. The van der Waals surface area contributed by atoms with Crippen molar-refractivity contribution in [3.8, 4) is 0 Å². The van der Waals surface area contributed by atoms with Gasteiger partial charge in [0.2, 0.25) is 0 Å². The quantitative estimate of drug-likeness (QED) is 0.699. The summed E-state index contributed by atoms with van der Waals surface area (Å²) in [5.74, 6) is -0.700. The van der Waals surface area contributed by atoms with Gasteiger partial charge in [0.05, 0.1) is 5.92 Å². The summed E-state index contributed by atoms with van der Waals surface area (Å²) in [7, 11) is 0. The summed E-state index contributed by atoms with van der Waals surface area (Å²) in [6.07, 6.45) is 11.6. The molecule has 0 radical (unpaired) electrons. The average molecular weight is 264 g/mol. The molecule has 1 aliphatic carbocycles. The number of allylic oxidation sites excluding steroid dienone is 4. The highest BCUT2D eigenvalue weighted by Gasteiger charge is 2.40. The van der Waals surface area contributed by atoms with E-state index in [0.717, 1.165) is 32.1 Å². The lowest BCUT2D eigenvalue weighted by Gasteiger charge is -2.38. The topological polar surface area (TPSA) is 37.3 Å². The van der Waals surface area contributed by atoms with Crippen LogP contribution in [0.25, 0.3) is 0 Å². The Morgan fingerprint density at radius 3 is 2.63 bits per heavy atom. The lowest BCUT2D eigenvalue weighted by Crippen LogP contribution is -2.37. The first-order valence-corrected chi connectivity index (χ1v) is 7.40. The lowest BCUT2D eigenvalue weighted by atomic mass is 9.65. The summed E-state index contributed by atoms with van der Waals surface area (Å²) >= 11 is 0. The maximum absolute atomic E-state index is 11.7. The zero-order chi connectivity index (χ0) is 14.5. The van der Waals surface area contributed by atoms with Gasteiger partial charge >= 0.3 is 5.97 Å². The molecule has 0 fully saturated rings. The maximum atomic E-state index is 11.7. The minimum absolute atomic E-state index is 0.172. The first-order chi connectivity index (χ1) is 8.87. The van der Waals surface area contributed by atoms with E-state index < -0.39 is 5.97 Å². The number of hydrogen-bond donors (Lipinski definition) is 1. The average Bonchev–Trinajstić information content (AvgIpc) is 2.28. The molecule has 0 aromatic rings. The van der Waals surface area contributed by atoms with Crippen LogP contribution in [0.5, 0.6) is 0 Å². The molecule has 1 N–H and O–H groups in total. The van der Waals surface area contributed by atoms with Crippen LogP contribution in [-0.2, 0) is 4.79 Å². The molecule has 3 atom stereocenters. The number of rotatable bonds is 6. The van der Waals surface area contributed by atoms with Crippen molar-refractivity contribution in [2.45, 2.75) is 59.8 Å². The smallest absolute Gasteiger partial charge is 0.307 e. The monoisotopic (exact) mass is 264 g/mol. The molecule has 19 heavy (non-hydrogen) atoms. The molecule has 0 aromatic carbocycles. The molecule has 2 heteroatoms.